The normalized spacial score (nSPS) is 29.1. The molecule has 96 valence electrons. The zero-order chi connectivity index (χ0) is 12.6. The number of ketones is 1. The van der Waals surface area contributed by atoms with Crippen molar-refractivity contribution in [1.29, 1.82) is 0 Å². The van der Waals surface area contributed by atoms with E-state index in [1.165, 1.54) is 0 Å². The number of carbonyl (C=O) groups is 2. The van der Waals surface area contributed by atoms with Crippen molar-refractivity contribution in [2.45, 2.75) is 45.6 Å². The zero-order valence-electron chi connectivity index (χ0n) is 10.9. The predicted octanol–water partition coefficient (Wildman–Crippen LogP) is 2.22. The summed E-state index contributed by atoms with van der Waals surface area (Å²) in [4.78, 5) is 25.0. The van der Waals surface area contributed by atoms with Crippen molar-refractivity contribution in [2.24, 2.45) is 11.8 Å². The van der Waals surface area contributed by atoms with Gasteiger partial charge in [-0.15, -0.1) is 0 Å². The maximum atomic E-state index is 11.8. The Labute approximate surface area is 102 Å². The van der Waals surface area contributed by atoms with Crippen molar-refractivity contribution >= 4 is 11.9 Å². The Hall–Kier alpha value is -1.06. The fraction of sp³-hybridized carbons (Fsp3) is 0.846. The summed E-state index contributed by atoms with van der Waals surface area (Å²) in [6.07, 6.45) is 2.43. The van der Waals surface area contributed by atoms with E-state index in [0.29, 0.717) is 18.2 Å². The minimum Gasteiger partial charge on any atom is -0.444 e. The molecular weight excluding hydrogens is 218 g/mol. The second-order valence-corrected chi connectivity index (χ2v) is 6.09. The minimum atomic E-state index is -0.443. The quantitative estimate of drug-likeness (QED) is 0.705. The lowest BCUT2D eigenvalue weighted by atomic mass is 9.74. The summed E-state index contributed by atoms with van der Waals surface area (Å²) < 4.78 is 5.33. The molecule has 1 aliphatic heterocycles. The van der Waals surface area contributed by atoms with Crippen LogP contribution in [-0.4, -0.2) is 35.5 Å². The maximum absolute atomic E-state index is 11.8. The second kappa shape index (κ2) is 4.31. The van der Waals surface area contributed by atoms with Crippen LogP contribution in [0.5, 0.6) is 0 Å². The van der Waals surface area contributed by atoms with Crippen LogP contribution in [0.1, 0.15) is 40.0 Å². The SMILES string of the molecule is CC(C)(C)OC(=O)N1CCC(C2CCC2=O)C1. The van der Waals surface area contributed by atoms with Crippen molar-refractivity contribution in [3.05, 3.63) is 0 Å². The standard InChI is InChI=1S/C13H21NO3/c1-13(2,3)17-12(16)14-7-6-9(8-14)10-4-5-11(10)15/h9-10H,4-8H2,1-3H3. The first-order valence-corrected chi connectivity index (χ1v) is 6.37. The van der Waals surface area contributed by atoms with Gasteiger partial charge in [0, 0.05) is 25.4 Å². The Balaban J connectivity index is 1.85. The van der Waals surface area contributed by atoms with Crippen LogP contribution in [0, 0.1) is 11.8 Å². The Bertz CT molecular complexity index is 332. The number of hydrogen-bond acceptors (Lipinski definition) is 3. The van der Waals surface area contributed by atoms with Crippen LogP contribution < -0.4 is 0 Å². The van der Waals surface area contributed by atoms with Crippen molar-refractivity contribution < 1.29 is 14.3 Å². The topological polar surface area (TPSA) is 46.6 Å². The predicted molar refractivity (Wildman–Crippen MR) is 63.6 cm³/mol. The molecule has 0 radical (unpaired) electrons. The Kier molecular flexibility index (Phi) is 3.15. The van der Waals surface area contributed by atoms with Crippen LogP contribution in [0.15, 0.2) is 0 Å². The third-order valence-electron chi connectivity index (χ3n) is 3.56. The molecule has 1 saturated heterocycles. The molecule has 1 saturated carbocycles. The highest BCUT2D eigenvalue weighted by atomic mass is 16.6. The van der Waals surface area contributed by atoms with Gasteiger partial charge in [-0.25, -0.2) is 4.79 Å². The molecule has 2 unspecified atom stereocenters. The number of rotatable bonds is 1. The average molecular weight is 239 g/mol. The summed E-state index contributed by atoms with van der Waals surface area (Å²) in [6.45, 7) is 7.02. The molecule has 2 rings (SSSR count). The third-order valence-corrected chi connectivity index (χ3v) is 3.56. The number of hydrogen-bond donors (Lipinski definition) is 0. The number of ether oxygens (including phenoxy) is 1. The molecule has 1 aliphatic carbocycles. The van der Waals surface area contributed by atoms with Crippen molar-refractivity contribution in [3.63, 3.8) is 0 Å². The average Bonchev–Trinajstić information content (AvgIpc) is 2.62. The number of amides is 1. The van der Waals surface area contributed by atoms with Crippen LogP contribution in [-0.2, 0) is 9.53 Å². The zero-order valence-corrected chi connectivity index (χ0v) is 10.9. The fourth-order valence-corrected chi connectivity index (χ4v) is 2.54. The van der Waals surface area contributed by atoms with Crippen molar-refractivity contribution in [1.82, 2.24) is 4.90 Å². The van der Waals surface area contributed by atoms with Gasteiger partial charge in [-0.2, -0.15) is 0 Å². The van der Waals surface area contributed by atoms with E-state index in [1.54, 1.807) is 4.90 Å². The molecule has 2 aliphatic rings. The molecule has 2 atom stereocenters. The lowest BCUT2D eigenvalue weighted by molar-refractivity contribution is -0.131. The molecule has 0 N–H and O–H groups in total. The van der Waals surface area contributed by atoms with E-state index in [1.807, 2.05) is 20.8 Å². The van der Waals surface area contributed by atoms with Crippen LogP contribution in [0.3, 0.4) is 0 Å². The second-order valence-electron chi connectivity index (χ2n) is 6.09. The molecule has 1 amide bonds. The molecule has 0 spiro atoms. The monoisotopic (exact) mass is 239 g/mol. The van der Waals surface area contributed by atoms with Crippen LogP contribution in [0.2, 0.25) is 0 Å². The summed E-state index contributed by atoms with van der Waals surface area (Å²) in [5, 5.41) is 0. The van der Waals surface area contributed by atoms with Gasteiger partial charge < -0.3 is 9.64 Å². The molecule has 17 heavy (non-hydrogen) atoms. The maximum Gasteiger partial charge on any atom is 0.410 e. The van der Waals surface area contributed by atoms with E-state index in [0.717, 1.165) is 25.8 Å². The largest absolute Gasteiger partial charge is 0.444 e. The van der Waals surface area contributed by atoms with Gasteiger partial charge >= 0.3 is 6.09 Å². The lowest BCUT2D eigenvalue weighted by Crippen LogP contribution is -2.38. The van der Waals surface area contributed by atoms with E-state index in [9.17, 15) is 9.59 Å². The molecule has 2 fully saturated rings. The van der Waals surface area contributed by atoms with Crippen LogP contribution in [0.25, 0.3) is 0 Å². The fourth-order valence-electron chi connectivity index (χ4n) is 2.54. The summed E-state index contributed by atoms with van der Waals surface area (Å²) in [6, 6.07) is 0. The molecule has 0 aromatic heterocycles. The highest BCUT2D eigenvalue weighted by Crippen LogP contribution is 2.35. The molecule has 1 heterocycles. The molecule has 4 nitrogen and oxygen atoms in total. The van der Waals surface area contributed by atoms with Crippen molar-refractivity contribution in [3.8, 4) is 0 Å². The van der Waals surface area contributed by atoms with Gasteiger partial charge in [0.25, 0.3) is 0 Å². The van der Waals surface area contributed by atoms with Gasteiger partial charge in [-0.3, -0.25) is 4.79 Å². The highest BCUT2D eigenvalue weighted by molar-refractivity contribution is 5.86. The van der Waals surface area contributed by atoms with E-state index < -0.39 is 5.60 Å². The van der Waals surface area contributed by atoms with Crippen LogP contribution >= 0.6 is 0 Å². The highest BCUT2D eigenvalue weighted by Gasteiger charge is 2.40. The number of Topliss-reactive ketones (excluding diaryl/α,β-unsaturated/α-hetero) is 1. The van der Waals surface area contributed by atoms with Gasteiger partial charge in [0.1, 0.15) is 11.4 Å². The van der Waals surface area contributed by atoms with Gasteiger partial charge in [0.2, 0.25) is 0 Å². The van der Waals surface area contributed by atoms with E-state index >= 15 is 0 Å². The number of carbonyl (C=O) groups excluding carboxylic acids is 2. The first-order chi connectivity index (χ1) is 7.87. The van der Waals surface area contributed by atoms with E-state index in [2.05, 4.69) is 0 Å². The van der Waals surface area contributed by atoms with E-state index in [4.69, 9.17) is 4.74 Å². The first kappa shape index (κ1) is 12.4. The molecule has 0 aromatic carbocycles. The van der Waals surface area contributed by atoms with E-state index in [-0.39, 0.29) is 12.0 Å². The minimum absolute atomic E-state index is 0.211. The summed E-state index contributed by atoms with van der Waals surface area (Å²) in [5.74, 6) is 0.951. The molecule has 0 bridgehead atoms. The third kappa shape index (κ3) is 2.79. The van der Waals surface area contributed by atoms with Gasteiger partial charge in [0.05, 0.1) is 0 Å². The van der Waals surface area contributed by atoms with Gasteiger partial charge in [0.15, 0.2) is 0 Å². The Morgan fingerprint density at radius 2 is 2.06 bits per heavy atom. The number of likely N-dealkylation sites (tertiary alicyclic amines) is 1. The number of nitrogens with zero attached hydrogens (tertiary/aromatic N) is 1. The Morgan fingerprint density at radius 3 is 2.53 bits per heavy atom. The molecule has 0 aromatic rings. The summed E-state index contributed by atoms with van der Waals surface area (Å²) in [5.41, 5.74) is -0.443. The smallest absolute Gasteiger partial charge is 0.410 e. The van der Waals surface area contributed by atoms with Gasteiger partial charge in [-0.05, 0) is 39.5 Å². The lowest BCUT2D eigenvalue weighted by Gasteiger charge is -2.30. The van der Waals surface area contributed by atoms with Crippen LogP contribution in [0.4, 0.5) is 4.79 Å². The molecular formula is C13H21NO3. The summed E-state index contributed by atoms with van der Waals surface area (Å²) in [7, 11) is 0. The Morgan fingerprint density at radius 1 is 1.35 bits per heavy atom. The summed E-state index contributed by atoms with van der Waals surface area (Å²) >= 11 is 0. The van der Waals surface area contributed by atoms with Gasteiger partial charge in [-0.1, -0.05) is 0 Å². The molecule has 4 heteroatoms. The van der Waals surface area contributed by atoms with Crippen molar-refractivity contribution in [2.75, 3.05) is 13.1 Å². The first-order valence-electron chi connectivity index (χ1n) is 6.37.